The lowest BCUT2D eigenvalue weighted by atomic mass is 9.85. The molecule has 1 unspecified atom stereocenters. The van der Waals surface area contributed by atoms with Crippen LogP contribution in [0.2, 0.25) is 0 Å². The van der Waals surface area contributed by atoms with Crippen molar-refractivity contribution in [2.24, 2.45) is 10.9 Å². The predicted molar refractivity (Wildman–Crippen MR) is 123 cm³/mol. The van der Waals surface area contributed by atoms with Gasteiger partial charge in [-0.15, -0.1) is 0 Å². The molecule has 0 aromatic heterocycles. The van der Waals surface area contributed by atoms with E-state index in [1.165, 1.54) is 5.56 Å². The smallest absolute Gasteiger partial charge is 0.115 e. The number of phenolic OH excluding ortho intramolecular Hbond substituents is 1. The van der Waals surface area contributed by atoms with Crippen molar-refractivity contribution in [3.8, 4) is 5.75 Å². The molecule has 0 fully saturated rings. The molecule has 0 saturated carbocycles. The normalized spacial score (nSPS) is 14.0. The summed E-state index contributed by atoms with van der Waals surface area (Å²) in [5.41, 5.74) is 4.95. The highest BCUT2D eigenvalue weighted by Gasteiger charge is 2.33. The van der Waals surface area contributed by atoms with Crippen molar-refractivity contribution in [2.45, 2.75) is 52.6 Å². The third kappa shape index (κ3) is 6.16. The quantitative estimate of drug-likeness (QED) is 0.416. The summed E-state index contributed by atoms with van der Waals surface area (Å²) < 4.78 is 0. The molecule has 28 heavy (non-hydrogen) atoms. The minimum Gasteiger partial charge on any atom is -0.508 e. The van der Waals surface area contributed by atoms with E-state index < -0.39 is 0 Å². The molecule has 0 bridgehead atoms. The van der Waals surface area contributed by atoms with Crippen LogP contribution in [-0.2, 0) is 13.0 Å². The molecule has 2 rings (SSSR count). The van der Waals surface area contributed by atoms with Crippen molar-refractivity contribution >= 4 is 23.4 Å². The highest BCUT2D eigenvalue weighted by Crippen LogP contribution is 2.26. The van der Waals surface area contributed by atoms with Gasteiger partial charge in [-0.05, 0) is 55.9 Å². The van der Waals surface area contributed by atoms with E-state index in [0.717, 1.165) is 30.7 Å². The third-order valence-electron chi connectivity index (χ3n) is 5.24. The first-order valence-electron chi connectivity index (χ1n) is 9.90. The van der Waals surface area contributed by atoms with E-state index in [9.17, 15) is 5.11 Å². The molecule has 0 saturated heterocycles. The second-order valence-corrected chi connectivity index (χ2v) is 8.19. The first-order valence-corrected chi connectivity index (χ1v) is 10.4. The number of rotatable bonds is 10. The summed E-state index contributed by atoms with van der Waals surface area (Å²) >= 11 is 5.41. The van der Waals surface area contributed by atoms with Gasteiger partial charge in [0.1, 0.15) is 5.75 Å². The summed E-state index contributed by atoms with van der Waals surface area (Å²) in [5, 5.41) is 9.72. The molecule has 0 aliphatic rings. The predicted octanol–water partition coefficient (Wildman–Crippen LogP) is 5.66. The Hall–Kier alpha value is -2.20. The maximum atomic E-state index is 9.72. The van der Waals surface area contributed by atoms with Crippen LogP contribution in [0.1, 0.15) is 45.2 Å². The van der Waals surface area contributed by atoms with Gasteiger partial charge in [0.05, 0.1) is 17.6 Å². The number of hydrogen-bond donors (Lipinski definition) is 1. The first kappa shape index (κ1) is 22.1. The Labute approximate surface area is 175 Å². The van der Waals surface area contributed by atoms with E-state index >= 15 is 0 Å². The lowest BCUT2D eigenvalue weighted by molar-refractivity contribution is 0.241. The van der Waals surface area contributed by atoms with E-state index in [4.69, 9.17) is 17.2 Å². The van der Waals surface area contributed by atoms with E-state index in [-0.39, 0.29) is 5.54 Å². The maximum Gasteiger partial charge on any atom is 0.115 e. The molecular weight excluding hydrogens is 364 g/mol. The van der Waals surface area contributed by atoms with Gasteiger partial charge in [-0.2, -0.15) is 0 Å². The van der Waals surface area contributed by atoms with Crippen molar-refractivity contribution in [1.29, 1.82) is 0 Å². The highest BCUT2D eigenvalue weighted by molar-refractivity contribution is 7.78. The fourth-order valence-corrected chi connectivity index (χ4v) is 3.95. The van der Waals surface area contributed by atoms with Crippen LogP contribution >= 0.6 is 12.2 Å². The van der Waals surface area contributed by atoms with Gasteiger partial charge in [-0.3, -0.25) is 4.99 Å². The van der Waals surface area contributed by atoms with Crippen LogP contribution in [0.25, 0.3) is 0 Å². The molecule has 0 aliphatic carbocycles. The molecular formula is C24H32N2OS. The van der Waals surface area contributed by atoms with Gasteiger partial charge in [-0.25, -0.2) is 0 Å². The molecule has 1 atom stereocenters. The van der Waals surface area contributed by atoms with Crippen LogP contribution in [-0.4, -0.2) is 33.3 Å². The number of aromatic hydroxyl groups is 1. The zero-order valence-corrected chi connectivity index (χ0v) is 18.2. The topological polar surface area (TPSA) is 35.8 Å². The van der Waals surface area contributed by atoms with Gasteiger partial charge in [0.25, 0.3) is 0 Å². The molecule has 0 radical (unpaired) electrons. The Morgan fingerprint density at radius 2 is 1.82 bits per heavy atom. The van der Waals surface area contributed by atoms with E-state index in [0.29, 0.717) is 18.2 Å². The molecule has 0 spiro atoms. The average molecular weight is 397 g/mol. The van der Waals surface area contributed by atoms with Crippen LogP contribution in [0.5, 0.6) is 5.75 Å². The van der Waals surface area contributed by atoms with E-state index in [2.05, 4.69) is 44.7 Å². The van der Waals surface area contributed by atoms with E-state index in [1.54, 1.807) is 11.6 Å². The SMILES string of the molecule is CC(=NCc1ccccc1)C(C)(CC(C)C)N(C=S)CCc1cccc(O)c1. The number of nitrogens with zero attached hydrogens (tertiary/aromatic N) is 2. The zero-order chi connectivity index (χ0) is 20.6. The van der Waals surface area contributed by atoms with Crippen LogP contribution in [0.15, 0.2) is 59.6 Å². The Bertz CT molecular complexity index is 788. The lowest BCUT2D eigenvalue weighted by Crippen LogP contribution is -2.52. The van der Waals surface area contributed by atoms with Gasteiger partial charge in [0.15, 0.2) is 0 Å². The molecule has 150 valence electrons. The minimum absolute atomic E-state index is 0.235. The third-order valence-corrected chi connectivity index (χ3v) is 5.49. The zero-order valence-electron chi connectivity index (χ0n) is 17.4. The Balaban J connectivity index is 2.20. The number of hydrogen-bond acceptors (Lipinski definition) is 3. The highest BCUT2D eigenvalue weighted by atomic mass is 32.1. The van der Waals surface area contributed by atoms with Crippen LogP contribution in [0, 0.1) is 5.92 Å². The van der Waals surface area contributed by atoms with Crippen molar-refractivity contribution in [2.75, 3.05) is 6.54 Å². The summed E-state index contributed by atoms with van der Waals surface area (Å²) in [6.45, 7) is 10.3. The number of aliphatic imine (C=N–C) groups is 1. The number of phenols is 1. The molecule has 2 aromatic rings. The molecule has 0 aliphatic heterocycles. The molecule has 0 heterocycles. The van der Waals surface area contributed by atoms with Crippen molar-refractivity contribution in [3.63, 3.8) is 0 Å². The van der Waals surface area contributed by atoms with Crippen molar-refractivity contribution < 1.29 is 5.11 Å². The largest absolute Gasteiger partial charge is 0.508 e. The fourth-order valence-electron chi connectivity index (χ4n) is 3.61. The summed E-state index contributed by atoms with van der Waals surface area (Å²) in [7, 11) is 0. The van der Waals surface area contributed by atoms with Gasteiger partial charge in [0, 0.05) is 12.3 Å². The minimum atomic E-state index is -0.235. The van der Waals surface area contributed by atoms with Gasteiger partial charge in [0.2, 0.25) is 0 Å². The summed E-state index contributed by atoms with van der Waals surface area (Å²) in [6.07, 6.45) is 1.80. The van der Waals surface area contributed by atoms with Gasteiger partial charge >= 0.3 is 0 Å². The Kier molecular flexibility index (Phi) is 8.18. The lowest BCUT2D eigenvalue weighted by Gasteiger charge is -2.42. The molecule has 1 N–H and O–H groups in total. The average Bonchev–Trinajstić information content (AvgIpc) is 2.66. The molecule has 4 heteroatoms. The fraction of sp³-hybridized carbons (Fsp3) is 0.417. The number of thiocarbonyl (C=S) groups is 1. The second kappa shape index (κ2) is 10.4. The van der Waals surface area contributed by atoms with Gasteiger partial charge < -0.3 is 10.0 Å². The standard InChI is InChI=1S/C24H32N2OS/c1-19(2)16-24(4,20(3)25-17-22-9-6-5-7-10-22)26(18-28)14-13-21-11-8-12-23(27)15-21/h5-12,15,18-19,27H,13-14,16-17H2,1-4H3. The summed E-state index contributed by atoms with van der Waals surface area (Å²) in [4.78, 5) is 7.16. The summed E-state index contributed by atoms with van der Waals surface area (Å²) in [6, 6.07) is 17.8. The van der Waals surface area contributed by atoms with Crippen molar-refractivity contribution in [1.82, 2.24) is 4.90 Å². The number of benzene rings is 2. The van der Waals surface area contributed by atoms with Crippen LogP contribution in [0.3, 0.4) is 0 Å². The first-order chi connectivity index (χ1) is 13.3. The van der Waals surface area contributed by atoms with E-state index in [1.807, 2.05) is 36.4 Å². The van der Waals surface area contributed by atoms with Gasteiger partial charge in [-0.1, -0.05) is 68.5 Å². The Morgan fingerprint density at radius 1 is 1.14 bits per heavy atom. The maximum absolute atomic E-state index is 9.72. The van der Waals surface area contributed by atoms with Crippen LogP contribution in [0.4, 0.5) is 0 Å². The molecule has 0 amide bonds. The summed E-state index contributed by atoms with van der Waals surface area (Å²) in [5.74, 6) is 0.821. The second-order valence-electron chi connectivity index (χ2n) is 7.98. The van der Waals surface area contributed by atoms with Crippen molar-refractivity contribution in [3.05, 3.63) is 65.7 Å². The molecule has 3 nitrogen and oxygen atoms in total. The monoisotopic (exact) mass is 396 g/mol. The Morgan fingerprint density at radius 3 is 2.43 bits per heavy atom. The molecule has 2 aromatic carbocycles. The van der Waals surface area contributed by atoms with Crippen LogP contribution < -0.4 is 0 Å².